The van der Waals surface area contributed by atoms with Crippen molar-refractivity contribution in [2.24, 2.45) is 23.7 Å². The van der Waals surface area contributed by atoms with Gasteiger partial charge in [-0.2, -0.15) is 5.10 Å². The molecule has 5 rings (SSSR count). The zero-order chi connectivity index (χ0) is 16.1. The molecule has 1 amide bonds. The Kier molecular flexibility index (Phi) is 3.91. The largest absolute Gasteiger partial charge is 0.349 e. The van der Waals surface area contributed by atoms with E-state index in [-0.39, 0.29) is 11.9 Å². The summed E-state index contributed by atoms with van der Waals surface area (Å²) in [6.45, 7) is 4.16. The molecule has 4 fully saturated rings. The fraction of sp³-hybridized carbons (Fsp3) is 0.778. The van der Waals surface area contributed by atoms with Crippen molar-refractivity contribution in [1.82, 2.24) is 15.1 Å². The van der Waals surface area contributed by atoms with Crippen LogP contribution in [0.3, 0.4) is 0 Å². The predicted molar refractivity (Wildman–Crippen MR) is 90.5 cm³/mol. The van der Waals surface area contributed by atoms with Crippen LogP contribution in [0.15, 0.2) is 6.20 Å². The predicted octanol–water partition coefficient (Wildman–Crippen LogP) is 4.06. The maximum atomic E-state index is 12.7. The van der Waals surface area contributed by atoms with Gasteiger partial charge in [0.1, 0.15) is 5.15 Å². The normalized spacial score (nSPS) is 36.2. The summed E-state index contributed by atoms with van der Waals surface area (Å²) in [4.78, 5) is 12.7. The molecule has 0 aliphatic heterocycles. The summed E-state index contributed by atoms with van der Waals surface area (Å²) in [5, 5.41) is 8.10. The Labute approximate surface area is 143 Å². The highest BCUT2D eigenvalue weighted by Gasteiger charge is 2.48. The van der Waals surface area contributed by atoms with Crippen LogP contribution in [-0.4, -0.2) is 21.7 Å². The van der Waals surface area contributed by atoms with Crippen LogP contribution in [0.25, 0.3) is 0 Å². The van der Waals surface area contributed by atoms with Gasteiger partial charge in [-0.05, 0) is 69.1 Å². The molecule has 4 bridgehead atoms. The number of carbonyl (C=O) groups excluding carboxylic acids is 1. The molecule has 4 aliphatic carbocycles. The van der Waals surface area contributed by atoms with Gasteiger partial charge >= 0.3 is 0 Å². The molecule has 1 aromatic rings. The third-order valence-corrected chi connectivity index (χ3v) is 6.89. The van der Waals surface area contributed by atoms with Crippen LogP contribution in [0.5, 0.6) is 0 Å². The highest BCUT2D eigenvalue weighted by Crippen LogP contribution is 2.53. The van der Waals surface area contributed by atoms with E-state index in [4.69, 9.17) is 11.6 Å². The monoisotopic (exact) mass is 335 g/mol. The SMILES string of the molecule is CCC(C)n1ncc(C(=O)NC2C3CC4CC(C3)CC2C4)c1Cl. The van der Waals surface area contributed by atoms with Crippen molar-refractivity contribution in [2.45, 2.75) is 64.5 Å². The van der Waals surface area contributed by atoms with Crippen LogP contribution in [0.2, 0.25) is 5.15 Å². The van der Waals surface area contributed by atoms with Crippen molar-refractivity contribution < 1.29 is 4.79 Å². The number of amides is 1. The lowest BCUT2D eigenvalue weighted by atomic mass is 9.54. The van der Waals surface area contributed by atoms with Crippen molar-refractivity contribution >= 4 is 17.5 Å². The summed E-state index contributed by atoms with van der Waals surface area (Å²) in [5.74, 6) is 3.16. The van der Waals surface area contributed by atoms with Crippen molar-refractivity contribution in [1.29, 1.82) is 0 Å². The number of aromatic nitrogens is 2. The van der Waals surface area contributed by atoms with Gasteiger partial charge in [0.15, 0.2) is 0 Å². The number of hydrogen-bond donors (Lipinski definition) is 1. The third kappa shape index (κ3) is 2.59. The van der Waals surface area contributed by atoms with Crippen LogP contribution in [0.1, 0.15) is 68.8 Å². The van der Waals surface area contributed by atoms with E-state index in [1.54, 1.807) is 10.9 Å². The van der Waals surface area contributed by atoms with Gasteiger partial charge in [0.05, 0.1) is 17.8 Å². The van der Waals surface area contributed by atoms with E-state index >= 15 is 0 Å². The Bertz CT molecular complexity index is 583. The second-order valence-electron chi connectivity index (χ2n) is 7.98. The zero-order valence-electron chi connectivity index (χ0n) is 14.0. The fourth-order valence-electron chi connectivity index (χ4n) is 5.37. The molecule has 4 nitrogen and oxygen atoms in total. The van der Waals surface area contributed by atoms with Gasteiger partial charge in [-0.15, -0.1) is 0 Å². The molecule has 1 atom stereocenters. The summed E-state index contributed by atoms with van der Waals surface area (Å²) in [6.07, 6.45) is 9.21. The van der Waals surface area contributed by atoms with E-state index in [0.717, 1.165) is 18.3 Å². The number of hydrogen-bond acceptors (Lipinski definition) is 2. The molecule has 4 aliphatic rings. The minimum Gasteiger partial charge on any atom is -0.349 e. The first-order chi connectivity index (χ1) is 11.1. The van der Waals surface area contributed by atoms with Crippen molar-refractivity contribution in [3.8, 4) is 0 Å². The van der Waals surface area contributed by atoms with Gasteiger partial charge in [-0.25, -0.2) is 0 Å². The topological polar surface area (TPSA) is 46.9 Å². The molecule has 1 aromatic heterocycles. The first-order valence-corrected chi connectivity index (χ1v) is 9.48. The lowest BCUT2D eigenvalue weighted by Crippen LogP contribution is -2.55. The van der Waals surface area contributed by atoms with E-state index in [9.17, 15) is 4.79 Å². The molecule has 4 saturated carbocycles. The maximum absolute atomic E-state index is 12.7. The third-order valence-electron chi connectivity index (χ3n) is 6.51. The van der Waals surface area contributed by atoms with Gasteiger partial charge < -0.3 is 5.32 Å². The summed E-state index contributed by atoms with van der Waals surface area (Å²) in [5.41, 5.74) is 0.528. The summed E-state index contributed by atoms with van der Waals surface area (Å²) in [6, 6.07) is 0.559. The minimum absolute atomic E-state index is 0.0398. The number of nitrogens with one attached hydrogen (secondary N) is 1. The van der Waals surface area contributed by atoms with Crippen molar-refractivity contribution in [3.05, 3.63) is 16.9 Å². The Morgan fingerprint density at radius 1 is 1.30 bits per heavy atom. The Hall–Kier alpha value is -1.03. The molecule has 23 heavy (non-hydrogen) atoms. The van der Waals surface area contributed by atoms with Crippen LogP contribution in [0, 0.1) is 23.7 Å². The van der Waals surface area contributed by atoms with E-state index in [0.29, 0.717) is 28.6 Å². The van der Waals surface area contributed by atoms with E-state index in [2.05, 4.69) is 24.3 Å². The van der Waals surface area contributed by atoms with Gasteiger partial charge in [0.25, 0.3) is 5.91 Å². The van der Waals surface area contributed by atoms with Gasteiger partial charge in [0.2, 0.25) is 0 Å². The van der Waals surface area contributed by atoms with E-state index < -0.39 is 0 Å². The zero-order valence-corrected chi connectivity index (χ0v) is 14.7. The smallest absolute Gasteiger partial charge is 0.256 e. The Morgan fingerprint density at radius 3 is 2.48 bits per heavy atom. The molecular formula is C18H26ClN3O. The first kappa shape index (κ1) is 15.5. The highest BCUT2D eigenvalue weighted by atomic mass is 35.5. The summed E-state index contributed by atoms with van der Waals surface area (Å²) < 4.78 is 1.76. The second-order valence-corrected chi connectivity index (χ2v) is 8.34. The fourth-order valence-corrected chi connectivity index (χ4v) is 5.71. The quantitative estimate of drug-likeness (QED) is 0.901. The van der Waals surface area contributed by atoms with E-state index in [1.165, 1.54) is 32.1 Å². The molecule has 126 valence electrons. The molecule has 1 N–H and O–H groups in total. The molecule has 0 spiro atoms. The average molecular weight is 336 g/mol. The lowest BCUT2D eigenvalue weighted by Gasteiger charge is -2.54. The number of halogens is 1. The Balaban J connectivity index is 1.49. The molecule has 5 heteroatoms. The standard InChI is InChI=1S/C18H26ClN3O/c1-3-10(2)22-17(19)15(9-20-22)18(23)21-16-13-5-11-4-12(7-13)8-14(16)6-11/h9-14,16H,3-8H2,1-2H3,(H,21,23). The molecule has 1 unspecified atom stereocenters. The summed E-state index contributed by atoms with van der Waals surface area (Å²) in [7, 11) is 0. The van der Waals surface area contributed by atoms with Gasteiger partial charge in [-0.1, -0.05) is 18.5 Å². The van der Waals surface area contributed by atoms with E-state index in [1.807, 2.05) is 0 Å². The van der Waals surface area contributed by atoms with Crippen LogP contribution in [-0.2, 0) is 0 Å². The molecule has 0 radical (unpaired) electrons. The van der Waals surface area contributed by atoms with Crippen molar-refractivity contribution in [3.63, 3.8) is 0 Å². The number of carbonyl (C=O) groups is 1. The Morgan fingerprint density at radius 2 is 1.91 bits per heavy atom. The number of nitrogens with zero attached hydrogens (tertiary/aromatic N) is 2. The number of rotatable bonds is 4. The first-order valence-electron chi connectivity index (χ1n) is 9.10. The molecular weight excluding hydrogens is 310 g/mol. The van der Waals surface area contributed by atoms with Crippen LogP contribution in [0.4, 0.5) is 0 Å². The maximum Gasteiger partial charge on any atom is 0.256 e. The van der Waals surface area contributed by atoms with Crippen LogP contribution < -0.4 is 5.32 Å². The van der Waals surface area contributed by atoms with Gasteiger partial charge in [-0.3, -0.25) is 9.48 Å². The molecule has 1 heterocycles. The van der Waals surface area contributed by atoms with Crippen LogP contribution >= 0.6 is 11.6 Å². The molecule has 0 saturated heterocycles. The lowest BCUT2D eigenvalue weighted by molar-refractivity contribution is -0.0119. The second kappa shape index (κ2) is 5.80. The van der Waals surface area contributed by atoms with Gasteiger partial charge in [0, 0.05) is 6.04 Å². The molecule has 0 aromatic carbocycles. The van der Waals surface area contributed by atoms with Crippen molar-refractivity contribution in [2.75, 3.05) is 0 Å². The highest BCUT2D eigenvalue weighted by molar-refractivity contribution is 6.32. The summed E-state index contributed by atoms with van der Waals surface area (Å²) >= 11 is 6.40. The average Bonchev–Trinajstić information content (AvgIpc) is 2.91. The minimum atomic E-state index is -0.0398.